The zero-order valence-electron chi connectivity index (χ0n) is 12.4. The zero-order valence-corrected chi connectivity index (χ0v) is 13.9. The van der Waals surface area contributed by atoms with Crippen LogP contribution in [0.3, 0.4) is 0 Å². The second-order valence-corrected chi connectivity index (χ2v) is 6.80. The van der Waals surface area contributed by atoms with Gasteiger partial charge in [0.25, 0.3) is 0 Å². The highest BCUT2D eigenvalue weighted by Crippen LogP contribution is 2.25. The average Bonchev–Trinajstić information content (AvgIpc) is 2.36. The lowest BCUT2D eigenvalue weighted by molar-refractivity contribution is 0.646. The molecule has 0 heterocycles. The Labute approximate surface area is 130 Å². The van der Waals surface area contributed by atoms with Gasteiger partial charge in [0.2, 0.25) is 0 Å². The summed E-state index contributed by atoms with van der Waals surface area (Å²) < 4.78 is 1.08. The van der Waals surface area contributed by atoms with Crippen LogP contribution in [0, 0.1) is 12.8 Å². The summed E-state index contributed by atoms with van der Waals surface area (Å²) in [5, 5.41) is 0. The number of hydrogen-bond acceptors (Lipinski definition) is 1. The van der Waals surface area contributed by atoms with Crippen LogP contribution < -0.4 is 5.73 Å². The van der Waals surface area contributed by atoms with Crippen molar-refractivity contribution < 1.29 is 0 Å². The molecule has 0 radical (unpaired) electrons. The van der Waals surface area contributed by atoms with Crippen molar-refractivity contribution in [3.8, 4) is 0 Å². The number of nitrogens with two attached hydrogens (primary N) is 1. The van der Waals surface area contributed by atoms with Gasteiger partial charge < -0.3 is 5.73 Å². The van der Waals surface area contributed by atoms with Crippen LogP contribution >= 0.6 is 15.9 Å². The molecule has 2 heteroatoms. The van der Waals surface area contributed by atoms with Crippen molar-refractivity contribution in [3.63, 3.8) is 0 Å². The summed E-state index contributed by atoms with van der Waals surface area (Å²) in [6.45, 7) is 6.57. The van der Waals surface area contributed by atoms with Crippen LogP contribution in [0.5, 0.6) is 0 Å². The first-order valence-corrected chi connectivity index (χ1v) is 7.86. The molecule has 1 unspecified atom stereocenters. The minimum absolute atomic E-state index is 0.0710. The van der Waals surface area contributed by atoms with Crippen molar-refractivity contribution in [2.75, 3.05) is 0 Å². The molecule has 0 saturated heterocycles. The molecule has 2 aromatic rings. The third-order valence-corrected chi connectivity index (χ3v) is 3.84. The largest absolute Gasteiger partial charge is 0.320 e. The van der Waals surface area contributed by atoms with E-state index in [1.807, 2.05) is 0 Å². The molecule has 2 aromatic carbocycles. The Hall–Kier alpha value is -1.12. The van der Waals surface area contributed by atoms with Crippen molar-refractivity contribution >= 4 is 15.9 Å². The topological polar surface area (TPSA) is 26.0 Å². The molecule has 0 aliphatic heterocycles. The molecule has 0 aliphatic carbocycles. The SMILES string of the molecule is Cc1cc(Br)cc(C(N)c2cccc(CC(C)C)c2)c1. The second-order valence-electron chi connectivity index (χ2n) is 5.88. The van der Waals surface area contributed by atoms with Crippen molar-refractivity contribution in [1.82, 2.24) is 0 Å². The Morgan fingerprint density at radius 1 is 1.05 bits per heavy atom. The van der Waals surface area contributed by atoms with Gasteiger partial charge in [-0.05, 0) is 53.6 Å². The van der Waals surface area contributed by atoms with Crippen molar-refractivity contribution in [3.05, 3.63) is 69.2 Å². The van der Waals surface area contributed by atoms with Gasteiger partial charge in [-0.15, -0.1) is 0 Å². The molecule has 20 heavy (non-hydrogen) atoms. The van der Waals surface area contributed by atoms with Crippen LogP contribution in [0.1, 0.15) is 42.1 Å². The molecule has 0 saturated carbocycles. The highest BCUT2D eigenvalue weighted by Gasteiger charge is 2.11. The smallest absolute Gasteiger partial charge is 0.0552 e. The van der Waals surface area contributed by atoms with Crippen LogP contribution in [0.2, 0.25) is 0 Å². The van der Waals surface area contributed by atoms with Gasteiger partial charge in [-0.25, -0.2) is 0 Å². The van der Waals surface area contributed by atoms with E-state index in [0.29, 0.717) is 5.92 Å². The van der Waals surface area contributed by atoms with E-state index in [4.69, 9.17) is 5.73 Å². The molecule has 0 spiro atoms. The Kier molecular flexibility index (Phi) is 5.00. The van der Waals surface area contributed by atoms with Crippen LogP contribution in [-0.2, 0) is 6.42 Å². The molecule has 2 rings (SSSR count). The number of aryl methyl sites for hydroxylation is 1. The lowest BCUT2D eigenvalue weighted by Gasteiger charge is -2.15. The van der Waals surface area contributed by atoms with Gasteiger partial charge in [0.05, 0.1) is 6.04 Å². The minimum atomic E-state index is -0.0710. The van der Waals surface area contributed by atoms with E-state index >= 15 is 0 Å². The molecule has 0 aliphatic rings. The van der Waals surface area contributed by atoms with Gasteiger partial charge in [-0.1, -0.05) is 60.1 Å². The molecule has 0 bridgehead atoms. The maximum absolute atomic E-state index is 6.43. The third-order valence-electron chi connectivity index (χ3n) is 3.38. The molecule has 0 amide bonds. The second kappa shape index (κ2) is 6.55. The normalized spacial score (nSPS) is 12.7. The molecule has 106 valence electrons. The fraction of sp³-hybridized carbons (Fsp3) is 0.333. The molecule has 0 fully saturated rings. The van der Waals surface area contributed by atoms with E-state index in [2.05, 4.69) is 79.2 Å². The van der Waals surface area contributed by atoms with Crippen LogP contribution in [0.4, 0.5) is 0 Å². The van der Waals surface area contributed by atoms with Crippen LogP contribution in [0.15, 0.2) is 46.9 Å². The predicted octanol–water partition coefficient (Wildman–Crippen LogP) is 5.00. The van der Waals surface area contributed by atoms with Crippen molar-refractivity contribution in [1.29, 1.82) is 0 Å². The lowest BCUT2D eigenvalue weighted by atomic mass is 9.94. The highest BCUT2D eigenvalue weighted by molar-refractivity contribution is 9.10. The minimum Gasteiger partial charge on any atom is -0.320 e. The number of rotatable bonds is 4. The van der Waals surface area contributed by atoms with E-state index in [1.165, 1.54) is 16.7 Å². The number of benzene rings is 2. The number of hydrogen-bond donors (Lipinski definition) is 1. The molecular weight excluding hydrogens is 310 g/mol. The summed E-state index contributed by atoms with van der Waals surface area (Å²) in [6.07, 6.45) is 1.10. The van der Waals surface area contributed by atoms with Crippen LogP contribution in [0.25, 0.3) is 0 Å². The van der Waals surface area contributed by atoms with E-state index in [-0.39, 0.29) is 6.04 Å². The Morgan fingerprint density at radius 2 is 1.80 bits per heavy atom. The average molecular weight is 332 g/mol. The summed E-state index contributed by atoms with van der Waals surface area (Å²) in [7, 11) is 0. The standard InChI is InChI=1S/C18H22BrN/c1-12(2)7-14-5-4-6-15(10-14)18(20)16-8-13(3)9-17(19)11-16/h4-6,8-12,18H,7,20H2,1-3H3. The summed E-state index contributed by atoms with van der Waals surface area (Å²) in [6, 6.07) is 14.9. The molecule has 2 N–H and O–H groups in total. The Balaban J connectivity index is 2.30. The molecule has 0 aromatic heterocycles. The van der Waals surface area contributed by atoms with Gasteiger partial charge in [0, 0.05) is 4.47 Å². The van der Waals surface area contributed by atoms with Crippen molar-refractivity contribution in [2.24, 2.45) is 11.7 Å². The van der Waals surface area contributed by atoms with E-state index in [9.17, 15) is 0 Å². The third kappa shape index (κ3) is 3.94. The van der Waals surface area contributed by atoms with Gasteiger partial charge in [-0.2, -0.15) is 0 Å². The lowest BCUT2D eigenvalue weighted by Crippen LogP contribution is -2.12. The van der Waals surface area contributed by atoms with Gasteiger partial charge in [0.15, 0.2) is 0 Å². The quantitative estimate of drug-likeness (QED) is 0.837. The fourth-order valence-corrected chi connectivity index (χ4v) is 3.15. The van der Waals surface area contributed by atoms with E-state index < -0.39 is 0 Å². The highest BCUT2D eigenvalue weighted by atomic mass is 79.9. The summed E-state index contributed by atoms with van der Waals surface area (Å²) in [4.78, 5) is 0. The van der Waals surface area contributed by atoms with E-state index in [1.54, 1.807) is 0 Å². The number of halogens is 1. The van der Waals surface area contributed by atoms with Gasteiger partial charge in [0.1, 0.15) is 0 Å². The molecule has 1 atom stereocenters. The summed E-state index contributed by atoms with van der Waals surface area (Å²) in [5.74, 6) is 0.662. The van der Waals surface area contributed by atoms with E-state index in [0.717, 1.165) is 16.5 Å². The molecular formula is C18H22BrN. The summed E-state index contributed by atoms with van der Waals surface area (Å²) in [5.41, 5.74) is 11.4. The fourth-order valence-electron chi connectivity index (χ4n) is 2.52. The van der Waals surface area contributed by atoms with Crippen molar-refractivity contribution in [2.45, 2.75) is 33.2 Å². The summed E-state index contributed by atoms with van der Waals surface area (Å²) >= 11 is 3.55. The van der Waals surface area contributed by atoms with Gasteiger partial charge >= 0.3 is 0 Å². The maximum atomic E-state index is 6.43. The first kappa shape index (κ1) is 15.3. The van der Waals surface area contributed by atoms with Crippen LogP contribution in [-0.4, -0.2) is 0 Å². The zero-order chi connectivity index (χ0) is 14.7. The Morgan fingerprint density at radius 3 is 2.45 bits per heavy atom. The monoisotopic (exact) mass is 331 g/mol. The predicted molar refractivity (Wildman–Crippen MR) is 89.9 cm³/mol. The Bertz CT molecular complexity index is 569. The van der Waals surface area contributed by atoms with Gasteiger partial charge in [-0.3, -0.25) is 0 Å². The first-order valence-electron chi connectivity index (χ1n) is 7.07. The first-order chi connectivity index (χ1) is 9.45. The maximum Gasteiger partial charge on any atom is 0.0552 e. The molecule has 1 nitrogen and oxygen atoms in total.